The first-order valence-electron chi connectivity index (χ1n) is 11.2. The fraction of sp³-hybridized carbons (Fsp3) is 0.417. The van der Waals surface area contributed by atoms with Crippen molar-refractivity contribution in [2.45, 2.75) is 51.9 Å². The molecule has 0 amide bonds. The van der Waals surface area contributed by atoms with Gasteiger partial charge in [0.05, 0.1) is 35.5 Å². The number of hydrogen-bond acceptors (Lipinski definition) is 7. The van der Waals surface area contributed by atoms with Crippen molar-refractivity contribution in [3.63, 3.8) is 0 Å². The molecule has 1 aliphatic heterocycles. The van der Waals surface area contributed by atoms with Crippen LogP contribution < -0.4 is 4.90 Å². The summed E-state index contributed by atoms with van der Waals surface area (Å²) in [5, 5.41) is 7.65. The van der Waals surface area contributed by atoms with Crippen LogP contribution >= 0.6 is 11.3 Å². The van der Waals surface area contributed by atoms with Gasteiger partial charge >= 0.3 is 0 Å². The number of anilines is 1. The standard InChI is InChI=1S/C24H26N6OS/c1-14-9-19-22(21-5-4-8-32-21)27-24(28-23(19)26-16(14)3)29-11-15(2)31-20(13-29)17-10-25-30(12-17)18-6-7-18/h4-5,8-10,12,15,18,20H,6-7,11,13H2,1-3H3/t15-,20-/m1/s1. The number of aryl methyl sites for hydroxylation is 2. The van der Waals surface area contributed by atoms with Gasteiger partial charge < -0.3 is 9.64 Å². The molecule has 2 fully saturated rings. The summed E-state index contributed by atoms with van der Waals surface area (Å²) in [5.41, 5.74) is 4.98. The molecule has 0 bridgehead atoms. The number of ether oxygens (including phenoxy) is 1. The number of thiophene rings is 1. The number of hydrogen-bond donors (Lipinski definition) is 0. The van der Waals surface area contributed by atoms with Gasteiger partial charge in [-0.2, -0.15) is 10.1 Å². The third kappa shape index (κ3) is 3.57. The third-order valence-corrected chi connectivity index (χ3v) is 7.21. The molecule has 5 heterocycles. The molecule has 1 aliphatic carbocycles. The summed E-state index contributed by atoms with van der Waals surface area (Å²) in [5.74, 6) is 0.714. The molecule has 4 aromatic heterocycles. The van der Waals surface area contributed by atoms with E-state index in [0.29, 0.717) is 18.5 Å². The van der Waals surface area contributed by atoms with Crippen molar-refractivity contribution in [1.29, 1.82) is 0 Å². The number of aromatic nitrogens is 5. The van der Waals surface area contributed by atoms with Crippen LogP contribution in [0.3, 0.4) is 0 Å². The van der Waals surface area contributed by atoms with E-state index in [-0.39, 0.29) is 12.2 Å². The number of rotatable bonds is 4. The molecule has 32 heavy (non-hydrogen) atoms. The van der Waals surface area contributed by atoms with E-state index in [1.807, 2.05) is 13.1 Å². The Morgan fingerprint density at radius 1 is 1.12 bits per heavy atom. The molecule has 8 heteroatoms. The van der Waals surface area contributed by atoms with Crippen LogP contribution in [0.15, 0.2) is 36.0 Å². The highest BCUT2D eigenvalue weighted by molar-refractivity contribution is 7.13. The van der Waals surface area contributed by atoms with Crippen LogP contribution in [0.1, 0.15) is 48.7 Å². The predicted octanol–water partition coefficient (Wildman–Crippen LogP) is 4.87. The van der Waals surface area contributed by atoms with E-state index in [0.717, 1.165) is 45.0 Å². The zero-order valence-corrected chi connectivity index (χ0v) is 19.3. The van der Waals surface area contributed by atoms with Crippen molar-refractivity contribution in [3.8, 4) is 10.6 Å². The molecule has 0 radical (unpaired) electrons. The van der Waals surface area contributed by atoms with Crippen molar-refractivity contribution in [1.82, 2.24) is 24.7 Å². The van der Waals surface area contributed by atoms with Gasteiger partial charge in [0.2, 0.25) is 5.95 Å². The molecule has 7 nitrogen and oxygen atoms in total. The summed E-state index contributed by atoms with van der Waals surface area (Å²) in [6.45, 7) is 7.67. The van der Waals surface area contributed by atoms with E-state index in [9.17, 15) is 0 Å². The Morgan fingerprint density at radius 2 is 2.00 bits per heavy atom. The highest BCUT2D eigenvalue weighted by atomic mass is 32.1. The maximum atomic E-state index is 6.30. The molecule has 1 saturated carbocycles. The Balaban J connectivity index is 1.40. The Bertz CT molecular complexity index is 1280. The summed E-state index contributed by atoms with van der Waals surface area (Å²) >= 11 is 1.69. The number of nitrogens with zero attached hydrogens (tertiary/aromatic N) is 6. The Morgan fingerprint density at radius 3 is 2.78 bits per heavy atom. The molecule has 6 rings (SSSR count). The summed E-state index contributed by atoms with van der Waals surface area (Å²) in [6.07, 6.45) is 6.55. The van der Waals surface area contributed by atoms with E-state index < -0.39 is 0 Å². The minimum Gasteiger partial charge on any atom is -0.367 e. The first kappa shape index (κ1) is 19.8. The molecule has 2 aliphatic rings. The topological polar surface area (TPSA) is 69.0 Å². The van der Waals surface area contributed by atoms with Crippen LogP contribution in [0.2, 0.25) is 0 Å². The van der Waals surface area contributed by atoms with Crippen LogP contribution in [-0.2, 0) is 4.74 Å². The molecule has 0 N–H and O–H groups in total. The lowest BCUT2D eigenvalue weighted by molar-refractivity contribution is -0.0178. The quantitative estimate of drug-likeness (QED) is 0.446. The van der Waals surface area contributed by atoms with Crippen LogP contribution in [0.25, 0.3) is 21.6 Å². The van der Waals surface area contributed by atoms with E-state index in [1.165, 1.54) is 12.8 Å². The van der Waals surface area contributed by atoms with Gasteiger partial charge in [-0.05, 0) is 56.7 Å². The second kappa shape index (κ2) is 7.64. The lowest BCUT2D eigenvalue weighted by Gasteiger charge is -2.36. The maximum absolute atomic E-state index is 6.30. The SMILES string of the molecule is Cc1cc2c(-c3cccs3)nc(N3C[C@@H](C)O[C@@H](c4cnn(C5CC5)c4)C3)nc2nc1C. The lowest BCUT2D eigenvalue weighted by atomic mass is 10.1. The van der Waals surface area contributed by atoms with Gasteiger partial charge in [-0.15, -0.1) is 11.3 Å². The zero-order chi connectivity index (χ0) is 21.8. The van der Waals surface area contributed by atoms with Crippen LogP contribution in [-0.4, -0.2) is 43.9 Å². The lowest BCUT2D eigenvalue weighted by Crippen LogP contribution is -2.43. The average molecular weight is 447 g/mol. The van der Waals surface area contributed by atoms with Gasteiger partial charge in [0.15, 0.2) is 5.65 Å². The van der Waals surface area contributed by atoms with E-state index in [1.54, 1.807) is 11.3 Å². The molecule has 1 saturated heterocycles. The van der Waals surface area contributed by atoms with Crippen molar-refractivity contribution >= 4 is 28.3 Å². The van der Waals surface area contributed by atoms with Crippen LogP contribution in [0, 0.1) is 13.8 Å². The summed E-state index contributed by atoms with van der Waals surface area (Å²) < 4.78 is 8.38. The highest BCUT2D eigenvalue weighted by Gasteiger charge is 2.31. The van der Waals surface area contributed by atoms with Crippen LogP contribution in [0.5, 0.6) is 0 Å². The van der Waals surface area contributed by atoms with Gasteiger partial charge in [-0.25, -0.2) is 9.97 Å². The van der Waals surface area contributed by atoms with Gasteiger partial charge in [-0.3, -0.25) is 4.68 Å². The minimum atomic E-state index is -0.0524. The second-order valence-corrected chi connectivity index (χ2v) is 9.88. The van der Waals surface area contributed by atoms with Crippen molar-refractivity contribution in [3.05, 3.63) is 52.8 Å². The number of morpholine rings is 1. The molecule has 0 unspecified atom stereocenters. The first-order chi connectivity index (χ1) is 15.5. The van der Waals surface area contributed by atoms with E-state index in [4.69, 9.17) is 19.7 Å². The Kier molecular flexibility index (Phi) is 4.73. The second-order valence-electron chi connectivity index (χ2n) is 8.94. The Hall–Kier alpha value is -2.84. The van der Waals surface area contributed by atoms with Crippen molar-refractivity contribution in [2.75, 3.05) is 18.0 Å². The number of fused-ring (bicyclic) bond motifs is 1. The van der Waals surface area contributed by atoms with Gasteiger partial charge in [0.1, 0.15) is 6.10 Å². The van der Waals surface area contributed by atoms with Crippen LogP contribution in [0.4, 0.5) is 5.95 Å². The zero-order valence-electron chi connectivity index (χ0n) is 18.5. The van der Waals surface area contributed by atoms with Gasteiger partial charge in [-0.1, -0.05) is 6.07 Å². The van der Waals surface area contributed by atoms with Gasteiger partial charge in [0, 0.05) is 29.4 Å². The summed E-state index contributed by atoms with van der Waals surface area (Å²) in [7, 11) is 0. The highest BCUT2D eigenvalue weighted by Crippen LogP contribution is 2.36. The molecular formula is C24H26N6OS. The normalized spacial score (nSPS) is 21.4. The fourth-order valence-electron chi connectivity index (χ4n) is 4.33. The third-order valence-electron chi connectivity index (χ3n) is 6.33. The molecule has 2 atom stereocenters. The van der Waals surface area contributed by atoms with E-state index in [2.05, 4.69) is 58.3 Å². The van der Waals surface area contributed by atoms with Gasteiger partial charge in [0.25, 0.3) is 0 Å². The largest absolute Gasteiger partial charge is 0.367 e. The maximum Gasteiger partial charge on any atom is 0.228 e. The average Bonchev–Trinajstić information content (AvgIpc) is 3.27. The molecule has 0 aromatic carbocycles. The summed E-state index contributed by atoms with van der Waals surface area (Å²) in [4.78, 5) is 18.1. The fourth-order valence-corrected chi connectivity index (χ4v) is 5.06. The Labute approximate surface area is 191 Å². The van der Waals surface area contributed by atoms with Crippen molar-refractivity contribution in [2.24, 2.45) is 0 Å². The monoisotopic (exact) mass is 446 g/mol. The minimum absolute atomic E-state index is 0.0524. The van der Waals surface area contributed by atoms with E-state index >= 15 is 0 Å². The van der Waals surface area contributed by atoms with Crippen molar-refractivity contribution < 1.29 is 4.74 Å². The molecular weight excluding hydrogens is 420 g/mol. The number of pyridine rings is 1. The molecule has 4 aromatic rings. The first-order valence-corrected chi connectivity index (χ1v) is 12.1. The smallest absolute Gasteiger partial charge is 0.228 e. The molecule has 164 valence electrons. The predicted molar refractivity (Wildman–Crippen MR) is 126 cm³/mol. The summed E-state index contributed by atoms with van der Waals surface area (Å²) in [6, 6.07) is 6.90. The molecule has 0 spiro atoms.